The number of methoxy groups -OCH3 is 1. The molecule has 0 aliphatic carbocycles. The predicted molar refractivity (Wildman–Crippen MR) is 117 cm³/mol. The van der Waals surface area contributed by atoms with Gasteiger partial charge in [-0.3, -0.25) is 9.59 Å². The van der Waals surface area contributed by atoms with Gasteiger partial charge in [0.05, 0.1) is 13.7 Å². The zero-order chi connectivity index (χ0) is 22.1. The number of nitrogens with zero attached hydrogens (tertiary/aromatic N) is 1. The fourth-order valence-electron chi connectivity index (χ4n) is 2.85. The zero-order valence-corrected chi connectivity index (χ0v) is 18.7. The van der Waals surface area contributed by atoms with E-state index in [0.717, 1.165) is 4.47 Å². The van der Waals surface area contributed by atoms with Gasteiger partial charge in [0, 0.05) is 35.1 Å². The number of benzene rings is 2. The van der Waals surface area contributed by atoms with Gasteiger partial charge in [0.2, 0.25) is 5.91 Å². The van der Waals surface area contributed by atoms with E-state index in [4.69, 9.17) is 9.47 Å². The Labute approximate surface area is 184 Å². The molecule has 0 aliphatic rings. The standard InChI is InChI=1S/C23H25BrFNO4/c1-4-11-26(15-18-13-19(24)8-9-20(18)25)23(28)6-5-12-30-21-10-7-17(16(2)27)14-22(21)29-3/h4,7-10,13-14H,1,5-6,11-12,15H2,2-3H3. The van der Waals surface area contributed by atoms with Crippen molar-refractivity contribution < 1.29 is 23.5 Å². The van der Waals surface area contributed by atoms with Gasteiger partial charge in [0.25, 0.3) is 0 Å². The molecule has 2 rings (SSSR count). The monoisotopic (exact) mass is 477 g/mol. The lowest BCUT2D eigenvalue weighted by molar-refractivity contribution is -0.131. The van der Waals surface area contributed by atoms with Crippen LogP contribution in [0.4, 0.5) is 4.39 Å². The third-order valence-corrected chi connectivity index (χ3v) is 4.93. The van der Waals surface area contributed by atoms with Crippen LogP contribution in [0.15, 0.2) is 53.5 Å². The number of amides is 1. The molecular formula is C23H25BrFNO4. The van der Waals surface area contributed by atoms with Crippen molar-refractivity contribution in [1.82, 2.24) is 4.90 Å². The van der Waals surface area contributed by atoms with Gasteiger partial charge in [0.15, 0.2) is 17.3 Å². The quantitative estimate of drug-likeness (QED) is 0.254. The van der Waals surface area contributed by atoms with Gasteiger partial charge in [-0.2, -0.15) is 0 Å². The predicted octanol–water partition coefficient (Wildman–Crippen LogP) is 5.17. The minimum atomic E-state index is -0.357. The summed E-state index contributed by atoms with van der Waals surface area (Å²) >= 11 is 3.32. The Morgan fingerprint density at radius 2 is 1.97 bits per heavy atom. The van der Waals surface area contributed by atoms with Crippen molar-refractivity contribution in [1.29, 1.82) is 0 Å². The van der Waals surface area contributed by atoms with Gasteiger partial charge in [-0.05, 0) is 49.7 Å². The van der Waals surface area contributed by atoms with Gasteiger partial charge in [-0.1, -0.05) is 22.0 Å². The summed E-state index contributed by atoms with van der Waals surface area (Å²) < 4.78 is 25.8. The first kappa shape index (κ1) is 23.6. The van der Waals surface area contributed by atoms with Crippen molar-refractivity contribution in [2.45, 2.75) is 26.3 Å². The van der Waals surface area contributed by atoms with Crippen molar-refractivity contribution >= 4 is 27.6 Å². The first-order chi connectivity index (χ1) is 14.3. The Kier molecular flexibility index (Phi) is 9.05. The fraction of sp³-hybridized carbons (Fsp3) is 0.304. The number of halogens is 2. The fourth-order valence-corrected chi connectivity index (χ4v) is 3.26. The molecule has 0 spiro atoms. The van der Waals surface area contributed by atoms with Crippen LogP contribution in [0.2, 0.25) is 0 Å². The Bertz CT molecular complexity index is 916. The van der Waals surface area contributed by atoms with Crippen LogP contribution in [-0.2, 0) is 11.3 Å². The van der Waals surface area contributed by atoms with Crippen LogP contribution in [-0.4, -0.2) is 36.9 Å². The lowest BCUT2D eigenvalue weighted by Gasteiger charge is -2.22. The lowest BCUT2D eigenvalue weighted by Crippen LogP contribution is -2.31. The van der Waals surface area contributed by atoms with E-state index in [-0.39, 0.29) is 30.5 Å². The molecule has 0 atom stereocenters. The summed E-state index contributed by atoms with van der Waals surface area (Å²) in [6.07, 6.45) is 2.34. The molecule has 0 saturated heterocycles. The molecule has 2 aromatic rings. The van der Waals surface area contributed by atoms with Crippen LogP contribution in [0.25, 0.3) is 0 Å². The molecule has 0 N–H and O–H groups in total. The number of ketones is 1. The molecular weight excluding hydrogens is 453 g/mol. The van der Waals surface area contributed by atoms with E-state index in [0.29, 0.717) is 42.2 Å². The van der Waals surface area contributed by atoms with E-state index in [2.05, 4.69) is 22.5 Å². The second kappa shape index (κ2) is 11.5. The third kappa shape index (κ3) is 6.69. The molecule has 0 bridgehead atoms. The van der Waals surface area contributed by atoms with E-state index < -0.39 is 0 Å². The summed E-state index contributed by atoms with van der Waals surface area (Å²) in [5.41, 5.74) is 0.973. The van der Waals surface area contributed by atoms with Crippen LogP contribution >= 0.6 is 15.9 Å². The van der Waals surface area contributed by atoms with Gasteiger partial charge < -0.3 is 14.4 Å². The second-order valence-electron chi connectivity index (χ2n) is 6.67. The summed E-state index contributed by atoms with van der Waals surface area (Å²) in [6, 6.07) is 9.63. The Morgan fingerprint density at radius 1 is 1.20 bits per heavy atom. The molecule has 30 heavy (non-hydrogen) atoms. The van der Waals surface area contributed by atoms with E-state index in [1.807, 2.05) is 0 Å². The molecule has 0 aromatic heterocycles. The van der Waals surface area contributed by atoms with E-state index in [1.165, 1.54) is 20.1 Å². The topological polar surface area (TPSA) is 55.8 Å². The highest BCUT2D eigenvalue weighted by atomic mass is 79.9. The largest absolute Gasteiger partial charge is 0.493 e. The van der Waals surface area contributed by atoms with Crippen LogP contribution in [0.5, 0.6) is 11.5 Å². The minimum Gasteiger partial charge on any atom is -0.493 e. The highest BCUT2D eigenvalue weighted by Gasteiger charge is 2.15. The van der Waals surface area contributed by atoms with Crippen LogP contribution in [0, 0.1) is 5.82 Å². The van der Waals surface area contributed by atoms with Gasteiger partial charge in [0.1, 0.15) is 5.82 Å². The highest BCUT2D eigenvalue weighted by Crippen LogP contribution is 2.28. The van der Waals surface area contributed by atoms with Crippen molar-refractivity contribution in [2.24, 2.45) is 0 Å². The van der Waals surface area contributed by atoms with E-state index in [9.17, 15) is 14.0 Å². The number of rotatable bonds is 11. The first-order valence-corrected chi connectivity index (χ1v) is 10.3. The van der Waals surface area contributed by atoms with Crippen LogP contribution < -0.4 is 9.47 Å². The first-order valence-electron chi connectivity index (χ1n) is 9.50. The van der Waals surface area contributed by atoms with Gasteiger partial charge >= 0.3 is 0 Å². The van der Waals surface area contributed by atoms with Crippen LogP contribution in [0.3, 0.4) is 0 Å². The molecule has 2 aromatic carbocycles. The number of Topliss-reactive ketones (excluding diaryl/α,β-unsaturated/α-hetero) is 1. The molecule has 7 heteroatoms. The summed E-state index contributed by atoms with van der Waals surface area (Å²) in [5, 5.41) is 0. The Hall–Kier alpha value is -2.67. The molecule has 1 amide bonds. The average molecular weight is 478 g/mol. The Morgan fingerprint density at radius 3 is 2.63 bits per heavy atom. The molecule has 0 radical (unpaired) electrons. The van der Waals surface area contributed by atoms with Gasteiger partial charge in [-0.15, -0.1) is 6.58 Å². The van der Waals surface area contributed by atoms with Crippen molar-refractivity contribution in [3.05, 3.63) is 70.5 Å². The summed E-state index contributed by atoms with van der Waals surface area (Å²) in [5.74, 6) is 0.442. The van der Waals surface area contributed by atoms with Crippen molar-refractivity contribution in [3.63, 3.8) is 0 Å². The SMILES string of the molecule is C=CCN(Cc1cc(Br)ccc1F)C(=O)CCCOc1ccc(C(C)=O)cc1OC. The normalized spacial score (nSPS) is 10.4. The molecule has 0 heterocycles. The highest BCUT2D eigenvalue weighted by molar-refractivity contribution is 9.10. The average Bonchev–Trinajstić information content (AvgIpc) is 2.73. The molecule has 0 fully saturated rings. The van der Waals surface area contributed by atoms with Crippen LogP contribution in [0.1, 0.15) is 35.7 Å². The van der Waals surface area contributed by atoms with E-state index in [1.54, 1.807) is 41.3 Å². The molecule has 160 valence electrons. The molecule has 0 saturated carbocycles. The molecule has 0 aliphatic heterocycles. The van der Waals surface area contributed by atoms with Gasteiger partial charge in [-0.25, -0.2) is 4.39 Å². The summed E-state index contributed by atoms with van der Waals surface area (Å²) in [7, 11) is 1.50. The third-order valence-electron chi connectivity index (χ3n) is 4.43. The molecule has 0 unspecified atom stereocenters. The van der Waals surface area contributed by atoms with Crippen molar-refractivity contribution in [2.75, 3.05) is 20.3 Å². The second-order valence-corrected chi connectivity index (χ2v) is 7.59. The van der Waals surface area contributed by atoms with E-state index >= 15 is 0 Å². The number of ether oxygens (including phenoxy) is 2. The lowest BCUT2D eigenvalue weighted by atomic mass is 10.1. The molecule has 5 nitrogen and oxygen atoms in total. The minimum absolute atomic E-state index is 0.0605. The van der Waals surface area contributed by atoms with Crippen molar-refractivity contribution in [3.8, 4) is 11.5 Å². The smallest absolute Gasteiger partial charge is 0.223 e. The number of carbonyl (C=O) groups is 2. The maximum atomic E-state index is 14.0. The number of hydrogen-bond donors (Lipinski definition) is 0. The maximum absolute atomic E-state index is 14.0. The summed E-state index contributed by atoms with van der Waals surface area (Å²) in [6.45, 7) is 5.95. The number of carbonyl (C=O) groups excluding carboxylic acids is 2. The Balaban J connectivity index is 1.92. The number of hydrogen-bond acceptors (Lipinski definition) is 4. The maximum Gasteiger partial charge on any atom is 0.223 e. The summed E-state index contributed by atoms with van der Waals surface area (Å²) in [4.78, 5) is 25.6. The zero-order valence-electron chi connectivity index (χ0n) is 17.1.